The van der Waals surface area contributed by atoms with Crippen LogP contribution in [0.3, 0.4) is 0 Å². The summed E-state index contributed by atoms with van der Waals surface area (Å²) >= 11 is 0. The van der Waals surface area contributed by atoms with E-state index in [0.29, 0.717) is 18.6 Å². The van der Waals surface area contributed by atoms with Crippen LogP contribution in [-0.2, 0) is 9.53 Å². The van der Waals surface area contributed by atoms with Crippen LogP contribution in [0, 0.1) is 0 Å². The summed E-state index contributed by atoms with van der Waals surface area (Å²) in [5.74, 6) is -0.268. The fourth-order valence-electron chi connectivity index (χ4n) is 2.37. The molecule has 2 fully saturated rings. The van der Waals surface area contributed by atoms with Crippen molar-refractivity contribution in [1.82, 2.24) is 10.2 Å². The van der Waals surface area contributed by atoms with Gasteiger partial charge in [-0.25, -0.2) is 0 Å². The zero-order valence-corrected chi connectivity index (χ0v) is 10.7. The number of hydrogen-bond acceptors (Lipinski definition) is 4. The minimum Gasteiger partial charge on any atom is -0.380 e. The van der Waals surface area contributed by atoms with E-state index in [9.17, 15) is 4.79 Å². The summed E-state index contributed by atoms with van der Waals surface area (Å²) in [7, 11) is 2.04. The SMILES string of the molecule is CN(CC(C)(NC1CC1)C(N)=O)C1CCOC1. The number of likely N-dealkylation sites (N-methyl/N-ethyl adjacent to an activating group) is 1. The average molecular weight is 241 g/mol. The van der Waals surface area contributed by atoms with Crippen molar-refractivity contribution >= 4 is 5.91 Å². The fourth-order valence-corrected chi connectivity index (χ4v) is 2.37. The Morgan fingerprint density at radius 2 is 2.24 bits per heavy atom. The molecule has 3 N–H and O–H groups in total. The van der Waals surface area contributed by atoms with Crippen molar-refractivity contribution in [1.29, 1.82) is 0 Å². The van der Waals surface area contributed by atoms with Gasteiger partial charge in [-0.2, -0.15) is 0 Å². The number of nitrogens with two attached hydrogens (primary N) is 1. The molecule has 1 aliphatic carbocycles. The highest BCUT2D eigenvalue weighted by Crippen LogP contribution is 2.23. The second kappa shape index (κ2) is 4.92. The molecule has 1 amide bonds. The number of ether oxygens (including phenoxy) is 1. The van der Waals surface area contributed by atoms with E-state index in [-0.39, 0.29) is 5.91 Å². The first-order chi connectivity index (χ1) is 8.01. The van der Waals surface area contributed by atoms with Crippen LogP contribution in [0.1, 0.15) is 26.2 Å². The normalized spacial score (nSPS) is 28.3. The molecule has 5 heteroatoms. The summed E-state index contributed by atoms with van der Waals surface area (Å²) < 4.78 is 5.37. The van der Waals surface area contributed by atoms with Crippen molar-refractivity contribution in [2.45, 2.75) is 43.8 Å². The van der Waals surface area contributed by atoms with Gasteiger partial charge in [0.25, 0.3) is 0 Å². The lowest BCUT2D eigenvalue weighted by molar-refractivity contribution is -0.124. The highest BCUT2D eigenvalue weighted by molar-refractivity contribution is 5.84. The van der Waals surface area contributed by atoms with Gasteiger partial charge in [-0.3, -0.25) is 15.0 Å². The van der Waals surface area contributed by atoms with Gasteiger partial charge >= 0.3 is 0 Å². The number of rotatable bonds is 6. The van der Waals surface area contributed by atoms with Crippen molar-refractivity contribution in [2.24, 2.45) is 5.73 Å². The zero-order chi connectivity index (χ0) is 12.5. The monoisotopic (exact) mass is 241 g/mol. The van der Waals surface area contributed by atoms with Crippen LogP contribution in [0.25, 0.3) is 0 Å². The molecular weight excluding hydrogens is 218 g/mol. The minimum absolute atomic E-state index is 0.268. The van der Waals surface area contributed by atoms with E-state index in [0.717, 1.165) is 32.5 Å². The highest BCUT2D eigenvalue weighted by Gasteiger charge is 2.39. The molecule has 0 radical (unpaired) electrons. The van der Waals surface area contributed by atoms with Gasteiger partial charge in [0.05, 0.1) is 6.61 Å². The number of nitrogens with one attached hydrogen (secondary N) is 1. The molecule has 1 saturated heterocycles. The van der Waals surface area contributed by atoms with Crippen LogP contribution in [0.2, 0.25) is 0 Å². The lowest BCUT2D eigenvalue weighted by atomic mass is 9.99. The zero-order valence-electron chi connectivity index (χ0n) is 10.7. The molecule has 5 nitrogen and oxygen atoms in total. The molecule has 0 bridgehead atoms. The lowest BCUT2D eigenvalue weighted by Gasteiger charge is -2.34. The molecule has 0 aromatic rings. The first kappa shape index (κ1) is 12.8. The molecule has 1 aliphatic heterocycles. The van der Waals surface area contributed by atoms with Crippen LogP contribution in [0.15, 0.2) is 0 Å². The molecule has 2 unspecified atom stereocenters. The smallest absolute Gasteiger partial charge is 0.238 e. The molecule has 0 aromatic carbocycles. The van der Waals surface area contributed by atoms with Gasteiger partial charge in [-0.15, -0.1) is 0 Å². The summed E-state index contributed by atoms with van der Waals surface area (Å²) in [6.45, 7) is 4.12. The predicted molar refractivity (Wildman–Crippen MR) is 65.6 cm³/mol. The third-order valence-corrected chi connectivity index (χ3v) is 3.74. The van der Waals surface area contributed by atoms with Crippen molar-refractivity contribution in [3.63, 3.8) is 0 Å². The Balaban J connectivity index is 1.93. The van der Waals surface area contributed by atoms with Crippen molar-refractivity contribution in [3.05, 3.63) is 0 Å². The van der Waals surface area contributed by atoms with Crippen LogP contribution in [-0.4, -0.2) is 55.2 Å². The molecule has 2 rings (SSSR count). The Morgan fingerprint density at radius 1 is 1.53 bits per heavy atom. The van der Waals surface area contributed by atoms with E-state index in [1.807, 2.05) is 14.0 Å². The number of primary amides is 1. The summed E-state index contributed by atoms with van der Waals surface area (Å²) in [4.78, 5) is 13.8. The number of amides is 1. The van der Waals surface area contributed by atoms with Crippen LogP contribution in [0.4, 0.5) is 0 Å². The van der Waals surface area contributed by atoms with E-state index in [1.165, 1.54) is 0 Å². The van der Waals surface area contributed by atoms with E-state index < -0.39 is 5.54 Å². The van der Waals surface area contributed by atoms with Gasteiger partial charge in [-0.05, 0) is 33.2 Å². The second-order valence-corrected chi connectivity index (χ2v) is 5.55. The molecule has 17 heavy (non-hydrogen) atoms. The molecule has 2 aliphatic rings. The Morgan fingerprint density at radius 3 is 2.71 bits per heavy atom. The largest absolute Gasteiger partial charge is 0.380 e. The topological polar surface area (TPSA) is 67.6 Å². The van der Waals surface area contributed by atoms with Crippen molar-refractivity contribution < 1.29 is 9.53 Å². The third-order valence-electron chi connectivity index (χ3n) is 3.74. The molecule has 1 heterocycles. The van der Waals surface area contributed by atoms with Gasteiger partial charge in [0.15, 0.2) is 0 Å². The number of hydrogen-bond donors (Lipinski definition) is 2. The number of nitrogens with zero attached hydrogens (tertiary/aromatic N) is 1. The van der Waals surface area contributed by atoms with Crippen LogP contribution >= 0.6 is 0 Å². The van der Waals surface area contributed by atoms with E-state index in [4.69, 9.17) is 10.5 Å². The van der Waals surface area contributed by atoms with Crippen molar-refractivity contribution in [2.75, 3.05) is 26.8 Å². The predicted octanol–water partition coefficient (Wildman–Crippen LogP) is -0.297. The number of carbonyl (C=O) groups is 1. The maximum Gasteiger partial charge on any atom is 0.238 e. The lowest BCUT2D eigenvalue weighted by Crippen LogP contribution is -2.60. The van der Waals surface area contributed by atoms with Gasteiger partial charge < -0.3 is 10.5 Å². The standard InChI is InChI=1S/C12H23N3O2/c1-12(11(13)16,14-9-3-4-9)8-15(2)10-5-6-17-7-10/h9-10,14H,3-8H2,1-2H3,(H2,13,16). The van der Waals surface area contributed by atoms with Gasteiger partial charge in [0.2, 0.25) is 5.91 Å². The first-order valence-electron chi connectivity index (χ1n) is 6.37. The number of carbonyl (C=O) groups excluding carboxylic acids is 1. The maximum atomic E-state index is 11.6. The van der Waals surface area contributed by atoms with Crippen molar-refractivity contribution in [3.8, 4) is 0 Å². The fraction of sp³-hybridized carbons (Fsp3) is 0.917. The Kier molecular flexibility index (Phi) is 3.70. The summed E-state index contributed by atoms with van der Waals surface area (Å²) in [5.41, 5.74) is 4.91. The average Bonchev–Trinajstić information content (AvgIpc) is 2.89. The van der Waals surface area contributed by atoms with Gasteiger partial charge in [0, 0.05) is 25.2 Å². The summed E-state index contributed by atoms with van der Waals surface area (Å²) in [6.07, 6.45) is 3.34. The molecule has 0 spiro atoms. The molecular formula is C12H23N3O2. The van der Waals surface area contributed by atoms with E-state index in [1.54, 1.807) is 0 Å². The van der Waals surface area contributed by atoms with E-state index in [2.05, 4.69) is 10.2 Å². The quantitative estimate of drug-likeness (QED) is 0.670. The third kappa shape index (κ3) is 3.18. The Bertz CT molecular complexity index is 287. The first-order valence-corrected chi connectivity index (χ1v) is 6.37. The van der Waals surface area contributed by atoms with Gasteiger partial charge in [0.1, 0.15) is 5.54 Å². The molecule has 98 valence electrons. The van der Waals surface area contributed by atoms with Crippen LogP contribution in [0.5, 0.6) is 0 Å². The second-order valence-electron chi connectivity index (χ2n) is 5.55. The molecule has 2 atom stereocenters. The molecule has 1 saturated carbocycles. The van der Waals surface area contributed by atoms with E-state index >= 15 is 0 Å². The summed E-state index contributed by atoms with van der Waals surface area (Å²) in [5, 5.41) is 3.36. The van der Waals surface area contributed by atoms with Crippen LogP contribution < -0.4 is 11.1 Å². The highest BCUT2D eigenvalue weighted by atomic mass is 16.5. The molecule has 0 aromatic heterocycles. The Labute approximate surface area is 103 Å². The van der Waals surface area contributed by atoms with Gasteiger partial charge in [-0.1, -0.05) is 0 Å². The Hall–Kier alpha value is -0.650. The minimum atomic E-state index is -0.626. The maximum absolute atomic E-state index is 11.6. The summed E-state index contributed by atoms with van der Waals surface area (Å²) in [6, 6.07) is 0.885.